The van der Waals surface area contributed by atoms with Crippen LogP contribution in [0.4, 0.5) is 14.5 Å². The molecular formula is C14H13F2NO4. The third kappa shape index (κ3) is 1.77. The zero-order chi connectivity index (χ0) is 15.4. The molecule has 0 radical (unpaired) electrons. The number of benzene rings is 1. The minimum atomic E-state index is -1.20. The van der Waals surface area contributed by atoms with Gasteiger partial charge in [0.2, 0.25) is 5.82 Å². The number of nitrogens with zero attached hydrogens (tertiary/aromatic N) is 1. The van der Waals surface area contributed by atoms with Crippen molar-refractivity contribution in [3.05, 3.63) is 23.3 Å². The molecule has 0 aromatic heterocycles. The molecule has 2 heterocycles. The maximum atomic E-state index is 13.9. The number of aliphatic hydroxyl groups is 1. The van der Waals surface area contributed by atoms with Gasteiger partial charge in [-0.05, 0) is 13.0 Å². The van der Waals surface area contributed by atoms with Crippen LogP contribution in [0.2, 0.25) is 0 Å². The van der Waals surface area contributed by atoms with E-state index < -0.39 is 28.9 Å². The number of Topliss-reactive ketones (excluding diaryl/α,β-unsaturated/α-hetero) is 1. The molecule has 2 unspecified atom stereocenters. The van der Waals surface area contributed by atoms with Gasteiger partial charge in [-0.3, -0.25) is 4.79 Å². The van der Waals surface area contributed by atoms with Gasteiger partial charge in [-0.25, -0.2) is 4.39 Å². The Labute approximate surface area is 119 Å². The highest BCUT2D eigenvalue weighted by Crippen LogP contribution is 2.46. The second-order valence-corrected chi connectivity index (χ2v) is 5.56. The molecule has 2 aliphatic rings. The van der Waals surface area contributed by atoms with E-state index in [0.29, 0.717) is 6.29 Å². The lowest BCUT2D eigenvalue weighted by Crippen LogP contribution is -2.60. The zero-order valence-electron chi connectivity index (χ0n) is 11.2. The van der Waals surface area contributed by atoms with Gasteiger partial charge in [-0.2, -0.15) is 4.39 Å². The van der Waals surface area contributed by atoms with Crippen molar-refractivity contribution >= 4 is 17.8 Å². The van der Waals surface area contributed by atoms with Crippen molar-refractivity contribution < 1.29 is 28.2 Å². The Balaban J connectivity index is 2.29. The van der Waals surface area contributed by atoms with Crippen LogP contribution in [0.1, 0.15) is 17.3 Å². The fourth-order valence-corrected chi connectivity index (χ4v) is 2.78. The second-order valence-electron chi connectivity index (χ2n) is 5.56. The molecule has 0 fully saturated rings. The number of hydrogen-bond acceptors (Lipinski definition) is 5. The number of aliphatic hydroxyl groups excluding tert-OH is 1. The fourth-order valence-electron chi connectivity index (χ4n) is 2.78. The van der Waals surface area contributed by atoms with E-state index in [0.717, 1.165) is 6.07 Å². The van der Waals surface area contributed by atoms with Crippen molar-refractivity contribution in [2.45, 2.75) is 12.5 Å². The van der Waals surface area contributed by atoms with E-state index in [1.54, 1.807) is 11.8 Å². The Morgan fingerprint density at radius 1 is 1.57 bits per heavy atom. The number of anilines is 1. The van der Waals surface area contributed by atoms with Crippen LogP contribution in [0.25, 0.3) is 0 Å². The molecule has 21 heavy (non-hydrogen) atoms. The van der Waals surface area contributed by atoms with Crippen LogP contribution in [-0.2, 0) is 4.79 Å². The van der Waals surface area contributed by atoms with Gasteiger partial charge in [-0.15, -0.1) is 0 Å². The maximum Gasteiger partial charge on any atom is 0.202 e. The minimum Gasteiger partial charge on any atom is -0.486 e. The van der Waals surface area contributed by atoms with Gasteiger partial charge >= 0.3 is 0 Å². The average molecular weight is 297 g/mol. The summed E-state index contributed by atoms with van der Waals surface area (Å²) in [5, 5.41) is 9.58. The molecule has 2 atom stereocenters. The number of ether oxygens (including phenoxy) is 1. The van der Waals surface area contributed by atoms with E-state index in [9.17, 15) is 23.5 Å². The Bertz CT molecular complexity index is 648. The summed E-state index contributed by atoms with van der Waals surface area (Å²) in [5.74, 6) is -4.25. The minimum absolute atomic E-state index is 0.00776. The van der Waals surface area contributed by atoms with Gasteiger partial charge in [0.1, 0.15) is 12.9 Å². The molecule has 0 spiro atoms. The molecular weight excluding hydrogens is 284 g/mol. The standard InChI is InChI=1S/C14H13F2NO4/c1-14(5-19)6-21-13-10(16)9(15)2-8-11(13)17(14)3-7(4-18)12(8)20/h2,4,7,19H,3,5-6H2,1H3. The Morgan fingerprint density at radius 2 is 2.29 bits per heavy atom. The lowest BCUT2D eigenvalue weighted by Gasteiger charge is -2.49. The summed E-state index contributed by atoms with van der Waals surface area (Å²) in [6.45, 7) is 1.28. The van der Waals surface area contributed by atoms with Crippen LogP contribution < -0.4 is 9.64 Å². The molecule has 0 saturated carbocycles. The topological polar surface area (TPSA) is 66.8 Å². The van der Waals surface area contributed by atoms with Crippen LogP contribution in [0.5, 0.6) is 5.75 Å². The molecule has 0 bridgehead atoms. The van der Waals surface area contributed by atoms with Crippen molar-refractivity contribution in [3.8, 4) is 5.75 Å². The van der Waals surface area contributed by atoms with Gasteiger partial charge in [-0.1, -0.05) is 0 Å². The van der Waals surface area contributed by atoms with Crippen LogP contribution in [0, 0.1) is 17.6 Å². The number of halogens is 2. The molecule has 0 aliphatic carbocycles. The summed E-state index contributed by atoms with van der Waals surface area (Å²) >= 11 is 0. The summed E-state index contributed by atoms with van der Waals surface area (Å²) in [4.78, 5) is 24.8. The van der Waals surface area contributed by atoms with Crippen LogP contribution in [0.15, 0.2) is 6.07 Å². The van der Waals surface area contributed by atoms with E-state index >= 15 is 0 Å². The SMILES string of the molecule is CC1(CO)COc2c(F)c(F)cc3c2N1CC(C=O)C3=O. The van der Waals surface area contributed by atoms with Gasteiger partial charge in [0, 0.05) is 12.1 Å². The van der Waals surface area contributed by atoms with Crippen LogP contribution >= 0.6 is 0 Å². The smallest absolute Gasteiger partial charge is 0.202 e. The summed E-state index contributed by atoms with van der Waals surface area (Å²) in [5.41, 5.74) is -0.889. The van der Waals surface area contributed by atoms with Crippen molar-refractivity contribution in [1.29, 1.82) is 0 Å². The van der Waals surface area contributed by atoms with E-state index in [2.05, 4.69) is 0 Å². The largest absolute Gasteiger partial charge is 0.486 e. The number of hydrogen-bond donors (Lipinski definition) is 1. The zero-order valence-corrected chi connectivity index (χ0v) is 11.2. The first-order valence-corrected chi connectivity index (χ1v) is 6.45. The van der Waals surface area contributed by atoms with Crippen molar-refractivity contribution in [1.82, 2.24) is 0 Å². The van der Waals surface area contributed by atoms with Gasteiger partial charge < -0.3 is 19.5 Å². The molecule has 0 amide bonds. The molecule has 2 aliphatic heterocycles. The maximum absolute atomic E-state index is 13.9. The predicted molar refractivity (Wildman–Crippen MR) is 68.6 cm³/mol. The first kappa shape index (κ1) is 13.9. The van der Waals surface area contributed by atoms with Crippen molar-refractivity contribution in [2.24, 2.45) is 5.92 Å². The highest BCUT2D eigenvalue weighted by Gasteiger charge is 2.47. The summed E-state index contributed by atoms with van der Waals surface area (Å²) in [6.07, 6.45) is 0.486. The van der Waals surface area contributed by atoms with Crippen molar-refractivity contribution in [3.63, 3.8) is 0 Å². The lowest BCUT2D eigenvalue weighted by atomic mass is 9.86. The summed E-state index contributed by atoms with van der Waals surface area (Å²) in [6, 6.07) is 0.783. The lowest BCUT2D eigenvalue weighted by molar-refractivity contribution is -0.109. The molecule has 1 N–H and O–H groups in total. The van der Waals surface area contributed by atoms with E-state index in [-0.39, 0.29) is 36.8 Å². The number of aldehydes is 1. The fraction of sp³-hybridized carbons (Fsp3) is 0.429. The summed E-state index contributed by atoms with van der Waals surface area (Å²) < 4.78 is 32.8. The molecule has 1 aromatic carbocycles. The quantitative estimate of drug-likeness (QED) is 0.649. The molecule has 7 heteroatoms. The van der Waals surface area contributed by atoms with Gasteiger partial charge in [0.15, 0.2) is 17.3 Å². The molecule has 1 aromatic rings. The summed E-state index contributed by atoms with van der Waals surface area (Å²) in [7, 11) is 0. The first-order chi connectivity index (χ1) is 9.92. The molecule has 3 rings (SSSR count). The average Bonchev–Trinajstić information content (AvgIpc) is 2.48. The van der Waals surface area contributed by atoms with Gasteiger partial charge in [0.05, 0.1) is 23.8 Å². The highest BCUT2D eigenvalue weighted by molar-refractivity contribution is 6.12. The number of carbonyl (C=O) groups excluding carboxylic acids is 2. The highest BCUT2D eigenvalue weighted by atomic mass is 19.2. The Morgan fingerprint density at radius 3 is 2.90 bits per heavy atom. The normalized spacial score (nSPS) is 27.1. The van der Waals surface area contributed by atoms with E-state index in [1.807, 2.05) is 0 Å². The predicted octanol–water partition coefficient (Wildman–Crippen LogP) is 0.926. The second kappa shape index (κ2) is 4.49. The monoisotopic (exact) mass is 297 g/mol. The first-order valence-electron chi connectivity index (χ1n) is 6.45. The Hall–Kier alpha value is -2.02. The van der Waals surface area contributed by atoms with Crippen LogP contribution in [-0.4, -0.2) is 42.5 Å². The molecule has 0 saturated heterocycles. The number of carbonyl (C=O) groups is 2. The third-order valence-corrected chi connectivity index (χ3v) is 4.09. The number of rotatable bonds is 2. The van der Waals surface area contributed by atoms with Crippen LogP contribution in [0.3, 0.4) is 0 Å². The van der Waals surface area contributed by atoms with Gasteiger partial charge in [0.25, 0.3) is 0 Å². The van der Waals surface area contributed by atoms with E-state index in [1.165, 1.54) is 0 Å². The third-order valence-electron chi connectivity index (χ3n) is 4.09. The van der Waals surface area contributed by atoms with E-state index in [4.69, 9.17) is 4.74 Å². The molecule has 112 valence electrons. The molecule has 5 nitrogen and oxygen atoms in total. The number of ketones is 1. The Kier molecular flexibility index (Phi) is 2.98. The van der Waals surface area contributed by atoms with Crippen molar-refractivity contribution in [2.75, 3.05) is 24.7 Å².